The Labute approximate surface area is 107 Å². The molecule has 1 amide bonds. The van der Waals surface area contributed by atoms with Crippen LogP contribution in [-0.2, 0) is 9.53 Å². The topological polar surface area (TPSA) is 89.3 Å². The summed E-state index contributed by atoms with van der Waals surface area (Å²) >= 11 is 0. The van der Waals surface area contributed by atoms with Crippen molar-refractivity contribution in [2.45, 2.75) is 19.9 Å². The van der Waals surface area contributed by atoms with Crippen LogP contribution in [0.2, 0.25) is 0 Å². The Kier molecular flexibility index (Phi) is 5.38. The number of nitrogens with two attached hydrogens (primary N) is 1. The van der Waals surface area contributed by atoms with E-state index < -0.39 is 0 Å². The van der Waals surface area contributed by atoms with E-state index in [0.717, 1.165) is 5.56 Å². The normalized spacial score (nSPS) is 11.9. The van der Waals surface area contributed by atoms with Gasteiger partial charge in [-0.15, -0.1) is 0 Å². The van der Waals surface area contributed by atoms with E-state index in [9.17, 15) is 4.79 Å². The molecule has 1 unspecified atom stereocenters. The maximum atomic E-state index is 11.7. The van der Waals surface area contributed by atoms with Crippen LogP contribution < -0.4 is 16.4 Å². The van der Waals surface area contributed by atoms with Gasteiger partial charge in [-0.3, -0.25) is 4.79 Å². The summed E-state index contributed by atoms with van der Waals surface area (Å²) in [4.78, 5) is 15.8. The van der Waals surface area contributed by atoms with Gasteiger partial charge in [0.05, 0.1) is 6.61 Å². The molecule has 100 valence electrons. The summed E-state index contributed by atoms with van der Waals surface area (Å²) in [7, 11) is 1.59. The number of hydrogen-bond donors (Lipinski definition) is 3. The molecule has 0 radical (unpaired) electrons. The van der Waals surface area contributed by atoms with Crippen molar-refractivity contribution in [1.29, 1.82) is 0 Å². The van der Waals surface area contributed by atoms with E-state index in [1.165, 1.54) is 0 Å². The first-order valence-corrected chi connectivity index (χ1v) is 5.80. The third kappa shape index (κ3) is 4.21. The number of nitrogens with zero attached hydrogens (tertiary/aromatic N) is 1. The van der Waals surface area contributed by atoms with Gasteiger partial charge in [-0.05, 0) is 19.4 Å². The van der Waals surface area contributed by atoms with Gasteiger partial charge in [0.25, 0.3) is 0 Å². The van der Waals surface area contributed by atoms with Crippen molar-refractivity contribution in [3.63, 3.8) is 0 Å². The Morgan fingerprint density at radius 2 is 2.33 bits per heavy atom. The van der Waals surface area contributed by atoms with Crippen LogP contribution in [-0.4, -0.2) is 37.2 Å². The summed E-state index contributed by atoms with van der Waals surface area (Å²) < 4.78 is 4.86. The Hall–Kier alpha value is -1.82. The van der Waals surface area contributed by atoms with Crippen LogP contribution in [0.3, 0.4) is 0 Å². The molecule has 0 spiro atoms. The zero-order chi connectivity index (χ0) is 13.5. The van der Waals surface area contributed by atoms with Crippen LogP contribution in [0.25, 0.3) is 0 Å². The van der Waals surface area contributed by atoms with Crippen molar-refractivity contribution >= 4 is 17.4 Å². The maximum Gasteiger partial charge on any atom is 0.242 e. The molecule has 0 aliphatic heterocycles. The van der Waals surface area contributed by atoms with Gasteiger partial charge in [-0.25, -0.2) is 4.98 Å². The molecule has 1 rings (SSSR count). The quantitative estimate of drug-likeness (QED) is 0.643. The molecule has 0 saturated carbocycles. The van der Waals surface area contributed by atoms with Crippen LogP contribution in [0.4, 0.5) is 11.5 Å². The summed E-state index contributed by atoms with van der Waals surface area (Å²) in [5.41, 5.74) is 7.34. The number of ether oxygens (including phenoxy) is 1. The van der Waals surface area contributed by atoms with E-state index in [1.54, 1.807) is 26.3 Å². The minimum absolute atomic E-state index is 0.104. The van der Waals surface area contributed by atoms with E-state index >= 15 is 0 Å². The number of aryl methyl sites for hydroxylation is 1. The summed E-state index contributed by atoms with van der Waals surface area (Å²) in [5, 5.41) is 5.74. The highest BCUT2D eigenvalue weighted by atomic mass is 16.5. The molecule has 6 nitrogen and oxygen atoms in total. The van der Waals surface area contributed by atoms with Crippen molar-refractivity contribution < 1.29 is 9.53 Å². The predicted molar refractivity (Wildman–Crippen MR) is 71.4 cm³/mol. The minimum Gasteiger partial charge on any atom is -0.398 e. The second-order valence-electron chi connectivity index (χ2n) is 4.08. The zero-order valence-electron chi connectivity index (χ0n) is 11.0. The Bertz CT molecular complexity index is 409. The number of rotatable bonds is 6. The highest BCUT2D eigenvalue weighted by Crippen LogP contribution is 2.14. The smallest absolute Gasteiger partial charge is 0.242 e. The van der Waals surface area contributed by atoms with Gasteiger partial charge in [0, 0.05) is 31.6 Å². The Morgan fingerprint density at radius 1 is 1.61 bits per heavy atom. The lowest BCUT2D eigenvalue weighted by Gasteiger charge is -2.15. The number of aromatic nitrogens is 1. The molecule has 0 aliphatic carbocycles. The van der Waals surface area contributed by atoms with Crippen molar-refractivity contribution in [3.05, 3.63) is 17.8 Å². The lowest BCUT2D eigenvalue weighted by molar-refractivity contribution is -0.121. The van der Waals surface area contributed by atoms with Gasteiger partial charge in [0.15, 0.2) is 0 Å². The number of amides is 1. The first kappa shape index (κ1) is 14.2. The fraction of sp³-hybridized carbons (Fsp3) is 0.500. The van der Waals surface area contributed by atoms with Gasteiger partial charge >= 0.3 is 0 Å². The van der Waals surface area contributed by atoms with E-state index in [4.69, 9.17) is 10.5 Å². The van der Waals surface area contributed by atoms with Crippen LogP contribution in [0.15, 0.2) is 12.3 Å². The first-order chi connectivity index (χ1) is 8.54. The van der Waals surface area contributed by atoms with Crippen LogP contribution in [0.1, 0.15) is 12.5 Å². The molecular formula is C12H20N4O2. The highest BCUT2D eigenvalue weighted by Gasteiger charge is 2.12. The molecule has 0 aliphatic rings. The molecule has 1 aromatic heterocycles. The number of nitrogen functional groups attached to an aromatic ring is 1. The maximum absolute atomic E-state index is 11.7. The number of carbonyl (C=O) groups excluding carboxylic acids is 1. The molecule has 1 heterocycles. The zero-order valence-corrected chi connectivity index (χ0v) is 11.0. The SMILES string of the molecule is COCCNC(=O)C(C)Nc1cc(N)c(C)cn1. The molecule has 0 bridgehead atoms. The molecule has 6 heteroatoms. The minimum atomic E-state index is -0.378. The lowest BCUT2D eigenvalue weighted by Crippen LogP contribution is -2.39. The van der Waals surface area contributed by atoms with E-state index in [1.807, 2.05) is 6.92 Å². The van der Waals surface area contributed by atoms with Gasteiger partial charge in [0.2, 0.25) is 5.91 Å². The number of anilines is 2. The number of pyridine rings is 1. The first-order valence-electron chi connectivity index (χ1n) is 5.80. The average molecular weight is 252 g/mol. The molecule has 0 aromatic carbocycles. The van der Waals surface area contributed by atoms with E-state index in [2.05, 4.69) is 15.6 Å². The van der Waals surface area contributed by atoms with Crippen LogP contribution in [0, 0.1) is 6.92 Å². The number of carbonyl (C=O) groups is 1. The van der Waals surface area contributed by atoms with Crippen molar-refractivity contribution in [3.8, 4) is 0 Å². The van der Waals surface area contributed by atoms with Gasteiger partial charge in [0.1, 0.15) is 11.9 Å². The van der Waals surface area contributed by atoms with Crippen molar-refractivity contribution in [1.82, 2.24) is 10.3 Å². The lowest BCUT2D eigenvalue weighted by atomic mass is 10.2. The van der Waals surface area contributed by atoms with Crippen molar-refractivity contribution in [2.24, 2.45) is 0 Å². The average Bonchev–Trinajstić information content (AvgIpc) is 2.34. The monoisotopic (exact) mass is 252 g/mol. The molecule has 4 N–H and O–H groups in total. The molecule has 0 fully saturated rings. The molecule has 0 saturated heterocycles. The third-order valence-corrected chi connectivity index (χ3v) is 2.51. The van der Waals surface area contributed by atoms with E-state index in [-0.39, 0.29) is 11.9 Å². The van der Waals surface area contributed by atoms with Gasteiger partial charge < -0.3 is 21.1 Å². The molecule has 1 aromatic rings. The van der Waals surface area contributed by atoms with Crippen LogP contribution >= 0.6 is 0 Å². The number of methoxy groups -OCH3 is 1. The number of hydrogen-bond acceptors (Lipinski definition) is 5. The fourth-order valence-corrected chi connectivity index (χ4v) is 1.33. The van der Waals surface area contributed by atoms with Gasteiger partial charge in [-0.1, -0.05) is 0 Å². The summed E-state index contributed by atoms with van der Waals surface area (Å²) in [6, 6.07) is 1.34. The third-order valence-electron chi connectivity index (χ3n) is 2.51. The van der Waals surface area contributed by atoms with Crippen LogP contribution in [0.5, 0.6) is 0 Å². The Morgan fingerprint density at radius 3 is 2.94 bits per heavy atom. The summed E-state index contributed by atoms with van der Waals surface area (Å²) in [6.07, 6.45) is 1.67. The fourth-order valence-electron chi connectivity index (χ4n) is 1.33. The summed E-state index contributed by atoms with van der Waals surface area (Å²) in [6.45, 7) is 4.63. The predicted octanol–water partition coefficient (Wildman–Crippen LogP) is 0.535. The molecule has 1 atom stereocenters. The van der Waals surface area contributed by atoms with E-state index in [0.29, 0.717) is 24.7 Å². The second-order valence-corrected chi connectivity index (χ2v) is 4.08. The Balaban J connectivity index is 2.50. The van der Waals surface area contributed by atoms with Gasteiger partial charge in [-0.2, -0.15) is 0 Å². The summed E-state index contributed by atoms with van der Waals surface area (Å²) in [5.74, 6) is 0.487. The highest BCUT2D eigenvalue weighted by molar-refractivity contribution is 5.84. The van der Waals surface area contributed by atoms with Crippen molar-refractivity contribution in [2.75, 3.05) is 31.3 Å². The largest absolute Gasteiger partial charge is 0.398 e. The molecule has 18 heavy (non-hydrogen) atoms. The number of nitrogens with one attached hydrogen (secondary N) is 2. The second kappa shape index (κ2) is 6.80. The molecular weight excluding hydrogens is 232 g/mol. The standard InChI is InChI=1S/C12H20N4O2/c1-8-7-15-11(6-10(8)13)16-9(2)12(17)14-4-5-18-3/h6-7,9H,4-5H2,1-3H3,(H,14,17)(H3,13,15,16).